The first-order valence-electron chi connectivity index (χ1n) is 5.16. The number of hydrogen-bond donors (Lipinski definition) is 0. The van der Waals surface area contributed by atoms with E-state index < -0.39 is 9.28 Å². The highest BCUT2D eigenvalue weighted by atomic mass is 28.3. The summed E-state index contributed by atoms with van der Waals surface area (Å²) >= 11 is 0. The van der Waals surface area contributed by atoms with Crippen LogP contribution in [0.5, 0.6) is 0 Å². The first-order valence-corrected chi connectivity index (χ1v) is 6.91. The minimum absolute atomic E-state index is 0.682. The van der Waals surface area contributed by atoms with Crippen LogP contribution in [0.3, 0.4) is 0 Å². The van der Waals surface area contributed by atoms with Crippen LogP contribution in [0.15, 0.2) is 0 Å². The fourth-order valence-corrected chi connectivity index (χ4v) is 2.33. The topological polar surface area (TPSA) is 27.7 Å². The van der Waals surface area contributed by atoms with Gasteiger partial charge in [0, 0.05) is 19.8 Å². The zero-order valence-electron chi connectivity index (χ0n) is 9.04. The van der Waals surface area contributed by atoms with Gasteiger partial charge >= 0.3 is 9.28 Å². The highest BCUT2D eigenvalue weighted by Gasteiger charge is 2.11. The number of hydrogen-bond acceptors (Lipinski definition) is 3. The summed E-state index contributed by atoms with van der Waals surface area (Å²) in [4.78, 5) is 0. The Bertz CT molecular complexity index is 94.9. The smallest absolute Gasteiger partial charge is 0.348 e. The monoisotopic (exact) mass is 206 g/mol. The highest BCUT2D eigenvalue weighted by Crippen LogP contribution is 1.93. The van der Waals surface area contributed by atoms with Gasteiger partial charge in [-0.2, -0.15) is 0 Å². The van der Waals surface area contributed by atoms with Crippen LogP contribution in [0.25, 0.3) is 0 Å². The van der Waals surface area contributed by atoms with Crippen molar-refractivity contribution in [2.75, 3.05) is 26.1 Å². The van der Waals surface area contributed by atoms with E-state index >= 15 is 0 Å². The van der Waals surface area contributed by atoms with Gasteiger partial charge in [0.1, 0.15) is 0 Å². The van der Waals surface area contributed by atoms with Crippen molar-refractivity contribution < 1.29 is 13.6 Å². The lowest BCUT2D eigenvalue weighted by molar-refractivity contribution is 0.122. The summed E-state index contributed by atoms with van der Waals surface area (Å²) in [6.45, 7) is 8.43. The van der Waals surface area contributed by atoms with Crippen molar-refractivity contribution in [3.63, 3.8) is 0 Å². The van der Waals surface area contributed by atoms with Crippen molar-refractivity contribution in [3.8, 4) is 0 Å². The second-order valence-corrected chi connectivity index (χ2v) is 4.63. The average molecular weight is 206 g/mol. The van der Waals surface area contributed by atoms with E-state index in [9.17, 15) is 0 Å². The molecule has 0 saturated carbocycles. The van der Waals surface area contributed by atoms with E-state index in [0.717, 1.165) is 26.2 Å². The van der Waals surface area contributed by atoms with Crippen molar-refractivity contribution in [2.24, 2.45) is 0 Å². The first-order chi connectivity index (χ1) is 6.35. The van der Waals surface area contributed by atoms with Gasteiger partial charge in [0.15, 0.2) is 0 Å². The number of ether oxygens (including phenoxy) is 1. The maximum atomic E-state index is 5.45. The maximum Gasteiger partial charge on any atom is 0.348 e. The molecule has 0 heterocycles. The lowest BCUT2D eigenvalue weighted by atomic mass is 10.4. The van der Waals surface area contributed by atoms with Gasteiger partial charge in [-0.1, -0.05) is 13.3 Å². The molecule has 13 heavy (non-hydrogen) atoms. The van der Waals surface area contributed by atoms with E-state index in [0.29, 0.717) is 6.23 Å². The molecule has 0 aliphatic carbocycles. The van der Waals surface area contributed by atoms with Crippen LogP contribution in [-0.2, 0) is 13.6 Å². The van der Waals surface area contributed by atoms with Crippen LogP contribution < -0.4 is 0 Å². The summed E-state index contributed by atoms with van der Waals surface area (Å²) in [6.07, 6.45) is 2.98. The Morgan fingerprint density at radius 3 is 2.08 bits per heavy atom. The molecule has 0 N–H and O–H groups in total. The largest absolute Gasteiger partial charge is 0.396 e. The molecule has 0 aliphatic rings. The molecule has 0 amide bonds. The molecule has 80 valence electrons. The predicted molar refractivity (Wildman–Crippen MR) is 56.1 cm³/mol. The summed E-state index contributed by atoms with van der Waals surface area (Å²) in [6, 6.07) is 0. The van der Waals surface area contributed by atoms with E-state index in [2.05, 4.69) is 6.92 Å². The molecule has 3 nitrogen and oxygen atoms in total. The summed E-state index contributed by atoms with van der Waals surface area (Å²) in [5.41, 5.74) is 0. The molecule has 0 saturated heterocycles. The standard InChI is InChI=1S/C9H22O3Si/c1-4-7-8-10-9-13(11-5-2)12-6-3/h13H,4-9H2,1-3H3. The van der Waals surface area contributed by atoms with Crippen molar-refractivity contribution in [1.82, 2.24) is 0 Å². The summed E-state index contributed by atoms with van der Waals surface area (Å²) in [5.74, 6) is 0. The highest BCUT2D eigenvalue weighted by molar-refractivity contribution is 6.44. The third-order valence-corrected chi connectivity index (χ3v) is 3.52. The molecule has 4 heteroatoms. The van der Waals surface area contributed by atoms with Crippen LogP contribution in [-0.4, -0.2) is 35.3 Å². The average Bonchev–Trinajstić information content (AvgIpc) is 2.13. The second-order valence-electron chi connectivity index (χ2n) is 2.77. The minimum Gasteiger partial charge on any atom is -0.396 e. The van der Waals surface area contributed by atoms with E-state index in [1.54, 1.807) is 0 Å². The Morgan fingerprint density at radius 1 is 1.00 bits per heavy atom. The van der Waals surface area contributed by atoms with Crippen molar-refractivity contribution >= 4 is 9.28 Å². The fraction of sp³-hybridized carbons (Fsp3) is 1.00. The van der Waals surface area contributed by atoms with Gasteiger partial charge in [-0.15, -0.1) is 0 Å². The Morgan fingerprint density at radius 2 is 1.62 bits per heavy atom. The minimum atomic E-state index is -1.50. The van der Waals surface area contributed by atoms with Gasteiger partial charge in [0.25, 0.3) is 0 Å². The van der Waals surface area contributed by atoms with Crippen LogP contribution in [0.2, 0.25) is 0 Å². The quantitative estimate of drug-likeness (QED) is 0.424. The summed E-state index contributed by atoms with van der Waals surface area (Å²) in [7, 11) is -1.50. The van der Waals surface area contributed by atoms with E-state index in [1.165, 1.54) is 6.42 Å². The van der Waals surface area contributed by atoms with E-state index in [4.69, 9.17) is 13.6 Å². The van der Waals surface area contributed by atoms with Crippen molar-refractivity contribution in [2.45, 2.75) is 33.6 Å². The van der Waals surface area contributed by atoms with Crippen LogP contribution in [0.1, 0.15) is 33.6 Å². The fourth-order valence-electron chi connectivity index (χ4n) is 0.942. The van der Waals surface area contributed by atoms with Gasteiger partial charge in [0.05, 0.1) is 6.23 Å². The summed E-state index contributed by atoms with van der Waals surface area (Å²) in [5, 5.41) is 0. The zero-order valence-corrected chi connectivity index (χ0v) is 10.2. The van der Waals surface area contributed by atoms with Crippen molar-refractivity contribution in [3.05, 3.63) is 0 Å². The molecule has 0 aromatic heterocycles. The van der Waals surface area contributed by atoms with E-state index in [-0.39, 0.29) is 0 Å². The Labute approximate surface area is 83.2 Å². The van der Waals surface area contributed by atoms with Gasteiger partial charge in [-0.05, 0) is 20.3 Å². The molecule has 0 unspecified atom stereocenters. The molecular formula is C9H22O3Si. The lowest BCUT2D eigenvalue weighted by Gasteiger charge is -2.14. The molecular weight excluding hydrogens is 184 g/mol. The third kappa shape index (κ3) is 8.43. The van der Waals surface area contributed by atoms with Crippen molar-refractivity contribution in [1.29, 1.82) is 0 Å². The Hall–Kier alpha value is 0.0969. The third-order valence-electron chi connectivity index (χ3n) is 1.60. The van der Waals surface area contributed by atoms with E-state index in [1.807, 2.05) is 13.8 Å². The van der Waals surface area contributed by atoms with Crippen LogP contribution >= 0.6 is 0 Å². The normalized spacial score (nSPS) is 11.1. The van der Waals surface area contributed by atoms with Gasteiger partial charge in [0.2, 0.25) is 0 Å². The molecule has 0 atom stereocenters. The summed E-state index contributed by atoms with van der Waals surface area (Å²) < 4.78 is 16.4. The Kier molecular flexibility index (Phi) is 10.3. The molecule has 0 aliphatic heterocycles. The van der Waals surface area contributed by atoms with Gasteiger partial charge < -0.3 is 13.6 Å². The SMILES string of the molecule is CCCCOC[SiH](OCC)OCC. The number of unbranched alkanes of at least 4 members (excludes halogenated alkanes) is 1. The molecule has 0 rings (SSSR count). The molecule has 0 spiro atoms. The number of rotatable bonds is 9. The second kappa shape index (κ2) is 10.2. The van der Waals surface area contributed by atoms with Crippen LogP contribution in [0, 0.1) is 0 Å². The molecule has 0 bridgehead atoms. The molecule has 0 aromatic carbocycles. The first kappa shape index (κ1) is 13.1. The maximum absolute atomic E-state index is 5.45. The Balaban J connectivity index is 3.33. The predicted octanol–water partition coefficient (Wildman–Crippen LogP) is 1.64. The molecule has 0 aromatic rings. The molecule has 0 radical (unpaired) electrons. The zero-order chi connectivity index (χ0) is 9.94. The van der Waals surface area contributed by atoms with Crippen LogP contribution in [0.4, 0.5) is 0 Å². The lowest BCUT2D eigenvalue weighted by Crippen LogP contribution is -2.29. The van der Waals surface area contributed by atoms with Gasteiger partial charge in [-0.25, -0.2) is 0 Å². The molecule has 0 fully saturated rings. The van der Waals surface area contributed by atoms with Gasteiger partial charge in [-0.3, -0.25) is 0 Å².